The molecular formula is C15H24. The zero-order chi connectivity index (χ0) is 11.0. The lowest BCUT2D eigenvalue weighted by Gasteiger charge is -2.35. The van der Waals surface area contributed by atoms with Crippen LogP contribution in [0.1, 0.15) is 52.9 Å². The van der Waals surface area contributed by atoms with E-state index >= 15 is 0 Å². The molecule has 0 amide bonds. The maximum atomic E-state index is 4.23. The van der Waals surface area contributed by atoms with Crippen LogP contribution in [-0.4, -0.2) is 0 Å². The molecule has 84 valence electrons. The van der Waals surface area contributed by atoms with Crippen molar-refractivity contribution in [2.24, 2.45) is 17.8 Å². The van der Waals surface area contributed by atoms with Gasteiger partial charge in [-0.1, -0.05) is 44.9 Å². The van der Waals surface area contributed by atoms with Crippen molar-refractivity contribution in [2.75, 3.05) is 0 Å². The molecule has 0 heterocycles. The van der Waals surface area contributed by atoms with Gasteiger partial charge in [-0.15, -0.1) is 0 Å². The summed E-state index contributed by atoms with van der Waals surface area (Å²) in [6, 6.07) is 0. The Morgan fingerprint density at radius 2 is 2.07 bits per heavy atom. The van der Waals surface area contributed by atoms with Crippen molar-refractivity contribution in [3.63, 3.8) is 0 Å². The molecule has 2 aliphatic carbocycles. The Hall–Kier alpha value is -0.520. The van der Waals surface area contributed by atoms with Crippen LogP contribution in [-0.2, 0) is 0 Å². The zero-order valence-corrected chi connectivity index (χ0v) is 10.5. The fraction of sp³-hybridized carbons (Fsp3) is 0.733. The molecule has 0 saturated carbocycles. The molecule has 3 atom stereocenters. The van der Waals surface area contributed by atoms with Crippen LogP contribution in [0.15, 0.2) is 23.3 Å². The largest absolute Gasteiger partial charge is 0.0955 e. The van der Waals surface area contributed by atoms with Gasteiger partial charge in [0.05, 0.1) is 0 Å². The first-order valence-electron chi connectivity index (χ1n) is 6.55. The van der Waals surface area contributed by atoms with E-state index in [9.17, 15) is 0 Å². The molecule has 15 heavy (non-hydrogen) atoms. The third-order valence-corrected chi connectivity index (χ3v) is 4.63. The fourth-order valence-electron chi connectivity index (χ4n) is 3.57. The van der Waals surface area contributed by atoms with Gasteiger partial charge < -0.3 is 0 Å². The molecule has 0 nitrogen and oxygen atoms in total. The Labute approximate surface area is 94.5 Å². The van der Waals surface area contributed by atoms with Crippen molar-refractivity contribution < 1.29 is 0 Å². The van der Waals surface area contributed by atoms with E-state index in [4.69, 9.17) is 0 Å². The van der Waals surface area contributed by atoms with Gasteiger partial charge in [0.2, 0.25) is 0 Å². The molecule has 0 unspecified atom stereocenters. The minimum Gasteiger partial charge on any atom is -0.0955 e. The van der Waals surface area contributed by atoms with Gasteiger partial charge in [0.1, 0.15) is 0 Å². The lowest BCUT2D eigenvalue weighted by Crippen LogP contribution is -2.25. The highest BCUT2D eigenvalue weighted by molar-refractivity contribution is 5.42. The number of allylic oxidation sites excluding steroid dienone is 3. The summed E-state index contributed by atoms with van der Waals surface area (Å²) in [7, 11) is 0. The molecule has 0 aliphatic heterocycles. The highest BCUT2D eigenvalue weighted by atomic mass is 14.4. The predicted octanol–water partition coefficient (Wildman–Crippen LogP) is 4.73. The van der Waals surface area contributed by atoms with Crippen LogP contribution in [0, 0.1) is 17.8 Å². The van der Waals surface area contributed by atoms with E-state index in [0.29, 0.717) is 0 Å². The minimum absolute atomic E-state index is 0.858. The van der Waals surface area contributed by atoms with Gasteiger partial charge in [-0.05, 0) is 49.0 Å². The normalized spacial score (nSPS) is 33.1. The van der Waals surface area contributed by atoms with E-state index in [1.807, 2.05) is 0 Å². The molecule has 0 bridgehead atoms. The predicted molar refractivity (Wildman–Crippen MR) is 66.7 cm³/mol. The lowest BCUT2D eigenvalue weighted by molar-refractivity contribution is 0.261. The average Bonchev–Trinajstić information content (AvgIpc) is 2.59. The summed E-state index contributed by atoms with van der Waals surface area (Å²) in [4.78, 5) is 0. The summed E-state index contributed by atoms with van der Waals surface area (Å²) in [5.74, 6) is 2.61. The SMILES string of the molecule is C=C1CCC2=C1CC[C@@H](C)[C@@H]2[C@@H](C)CC. The Bertz CT molecular complexity index is 295. The van der Waals surface area contributed by atoms with Gasteiger partial charge in [-0.25, -0.2) is 0 Å². The van der Waals surface area contributed by atoms with Crippen LogP contribution in [0.25, 0.3) is 0 Å². The summed E-state index contributed by atoms with van der Waals surface area (Å²) in [6.45, 7) is 11.4. The Balaban J connectivity index is 2.30. The quantitative estimate of drug-likeness (QED) is 0.610. The van der Waals surface area contributed by atoms with Gasteiger partial charge in [-0.3, -0.25) is 0 Å². The van der Waals surface area contributed by atoms with E-state index < -0.39 is 0 Å². The maximum Gasteiger partial charge on any atom is -0.0146 e. The molecule has 0 heteroatoms. The second-order valence-corrected chi connectivity index (χ2v) is 5.53. The third-order valence-electron chi connectivity index (χ3n) is 4.63. The summed E-state index contributed by atoms with van der Waals surface area (Å²) in [5.41, 5.74) is 4.90. The molecule has 0 spiro atoms. The Morgan fingerprint density at radius 3 is 2.73 bits per heavy atom. The van der Waals surface area contributed by atoms with E-state index in [1.165, 1.54) is 37.7 Å². The zero-order valence-electron chi connectivity index (χ0n) is 10.5. The van der Waals surface area contributed by atoms with Gasteiger partial charge in [0, 0.05) is 0 Å². The van der Waals surface area contributed by atoms with Gasteiger partial charge in [0.25, 0.3) is 0 Å². The molecular weight excluding hydrogens is 180 g/mol. The van der Waals surface area contributed by atoms with Crippen LogP contribution < -0.4 is 0 Å². The smallest absolute Gasteiger partial charge is 0.0146 e. The van der Waals surface area contributed by atoms with E-state index in [0.717, 1.165) is 17.8 Å². The second kappa shape index (κ2) is 4.15. The van der Waals surface area contributed by atoms with Crippen LogP contribution >= 0.6 is 0 Å². The van der Waals surface area contributed by atoms with Crippen molar-refractivity contribution in [3.05, 3.63) is 23.3 Å². The first kappa shape index (κ1) is 11.0. The molecule has 2 rings (SSSR count). The Kier molecular flexibility index (Phi) is 3.04. The molecule has 0 radical (unpaired) electrons. The summed E-state index contributed by atoms with van der Waals surface area (Å²) in [6.07, 6.45) is 6.56. The van der Waals surface area contributed by atoms with Crippen LogP contribution in [0.2, 0.25) is 0 Å². The molecule has 0 aromatic carbocycles. The van der Waals surface area contributed by atoms with Crippen molar-refractivity contribution in [1.29, 1.82) is 0 Å². The van der Waals surface area contributed by atoms with Crippen molar-refractivity contribution in [3.8, 4) is 0 Å². The van der Waals surface area contributed by atoms with E-state index in [2.05, 4.69) is 27.4 Å². The van der Waals surface area contributed by atoms with Crippen molar-refractivity contribution >= 4 is 0 Å². The molecule has 0 N–H and O–H groups in total. The van der Waals surface area contributed by atoms with Crippen LogP contribution in [0.3, 0.4) is 0 Å². The number of rotatable bonds is 2. The van der Waals surface area contributed by atoms with Gasteiger partial charge >= 0.3 is 0 Å². The van der Waals surface area contributed by atoms with Crippen molar-refractivity contribution in [1.82, 2.24) is 0 Å². The molecule has 2 aliphatic rings. The summed E-state index contributed by atoms with van der Waals surface area (Å²) >= 11 is 0. The first-order chi connectivity index (χ1) is 7.15. The monoisotopic (exact) mass is 204 g/mol. The third kappa shape index (κ3) is 1.79. The molecule has 0 aromatic rings. The van der Waals surface area contributed by atoms with Gasteiger partial charge in [0.15, 0.2) is 0 Å². The van der Waals surface area contributed by atoms with E-state index in [1.54, 1.807) is 11.1 Å². The summed E-state index contributed by atoms with van der Waals surface area (Å²) < 4.78 is 0. The number of hydrogen-bond acceptors (Lipinski definition) is 0. The lowest BCUT2D eigenvalue weighted by atomic mass is 9.70. The van der Waals surface area contributed by atoms with Crippen molar-refractivity contribution in [2.45, 2.75) is 52.9 Å². The topological polar surface area (TPSA) is 0 Å². The number of hydrogen-bond donors (Lipinski definition) is 0. The maximum absolute atomic E-state index is 4.23. The Morgan fingerprint density at radius 1 is 1.33 bits per heavy atom. The average molecular weight is 204 g/mol. The van der Waals surface area contributed by atoms with Crippen LogP contribution in [0.4, 0.5) is 0 Å². The fourth-order valence-corrected chi connectivity index (χ4v) is 3.57. The highest BCUT2D eigenvalue weighted by Gasteiger charge is 2.34. The van der Waals surface area contributed by atoms with Gasteiger partial charge in [-0.2, -0.15) is 0 Å². The molecule has 0 aromatic heterocycles. The molecule has 0 saturated heterocycles. The summed E-state index contributed by atoms with van der Waals surface area (Å²) in [5, 5.41) is 0. The standard InChI is InChI=1S/C15H24/c1-5-10(2)15-12(4)7-8-13-11(3)6-9-14(13)15/h10,12,15H,3,5-9H2,1-2,4H3/t10-,12+,15-/m0/s1. The minimum atomic E-state index is 0.858. The highest BCUT2D eigenvalue weighted by Crippen LogP contribution is 2.48. The second-order valence-electron chi connectivity index (χ2n) is 5.53. The first-order valence-corrected chi connectivity index (χ1v) is 6.55. The van der Waals surface area contributed by atoms with Crippen LogP contribution in [0.5, 0.6) is 0 Å². The molecule has 0 fully saturated rings. The van der Waals surface area contributed by atoms with E-state index in [-0.39, 0.29) is 0 Å².